The summed E-state index contributed by atoms with van der Waals surface area (Å²) >= 11 is 11.5. The topological polar surface area (TPSA) is 80.5 Å². The molecule has 0 spiro atoms. The molecule has 0 bridgehead atoms. The fraction of sp³-hybridized carbons (Fsp3) is 0.533. The fourth-order valence-corrected chi connectivity index (χ4v) is 3.67. The summed E-state index contributed by atoms with van der Waals surface area (Å²) in [5.74, 6) is 1.31. The number of fused-ring (bicyclic) bond motifs is 1. The molecule has 2 heterocycles. The molecule has 2 aliphatic carbocycles. The van der Waals surface area contributed by atoms with Crippen LogP contribution in [-0.4, -0.2) is 20.2 Å². The first-order valence-corrected chi connectivity index (χ1v) is 8.40. The van der Waals surface area contributed by atoms with E-state index in [1.165, 1.54) is 31.4 Å². The van der Waals surface area contributed by atoms with E-state index in [1.54, 1.807) is 0 Å². The summed E-state index contributed by atoms with van der Waals surface area (Å²) in [4.78, 5) is 7.95. The van der Waals surface area contributed by atoms with Crippen LogP contribution in [0.25, 0.3) is 0 Å². The molecular weight excluding hydrogens is 321 g/mol. The number of rotatable bonds is 1. The van der Waals surface area contributed by atoms with E-state index in [9.17, 15) is 0 Å². The SMILES string of the molecule is Clc1nc(Cl)c2c(n1)CCC2.Nc1cc(C2CCCC2)[nH]n1. The zero-order valence-electron chi connectivity index (χ0n) is 12.3. The lowest BCUT2D eigenvalue weighted by Gasteiger charge is -2.02. The Morgan fingerprint density at radius 2 is 1.86 bits per heavy atom. The Labute approximate surface area is 139 Å². The van der Waals surface area contributed by atoms with Crippen LogP contribution in [-0.2, 0) is 12.8 Å². The number of H-pyrrole nitrogens is 1. The van der Waals surface area contributed by atoms with E-state index in [-0.39, 0.29) is 5.28 Å². The Morgan fingerprint density at radius 1 is 1.09 bits per heavy atom. The highest BCUT2D eigenvalue weighted by atomic mass is 35.5. The Hall–Kier alpha value is -1.33. The maximum Gasteiger partial charge on any atom is 0.224 e. The fourth-order valence-electron chi connectivity index (χ4n) is 3.16. The average Bonchev–Trinajstić information content (AvgIpc) is 3.18. The second-order valence-electron chi connectivity index (χ2n) is 5.79. The number of nitrogen functional groups attached to an aromatic ring is 1. The number of nitrogens with zero attached hydrogens (tertiary/aromatic N) is 3. The first-order valence-electron chi connectivity index (χ1n) is 7.65. The molecular formula is C15H19Cl2N5. The molecule has 0 radical (unpaired) electrons. The summed E-state index contributed by atoms with van der Waals surface area (Å²) in [6.07, 6.45) is 8.38. The normalized spacial score (nSPS) is 17.2. The van der Waals surface area contributed by atoms with E-state index < -0.39 is 0 Å². The highest BCUT2D eigenvalue weighted by molar-refractivity contribution is 6.32. The maximum absolute atomic E-state index is 5.84. The lowest BCUT2D eigenvalue weighted by atomic mass is 10.1. The summed E-state index contributed by atoms with van der Waals surface area (Å²) in [5.41, 5.74) is 8.83. The van der Waals surface area contributed by atoms with Crippen molar-refractivity contribution in [2.45, 2.75) is 50.9 Å². The maximum atomic E-state index is 5.84. The lowest BCUT2D eigenvalue weighted by molar-refractivity contribution is 0.693. The Balaban J connectivity index is 0.000000131. The van der Waals surface area contributed by atoms with Crippen LogP contribution in [0.2, 0.25) is 10.4 Å². The van der Waals surface area contributed by atoms with Crippen LogP contribution in [0.5, 0.6) is 0 Å². The van der Waals surface area contributed by atoms with Crippen LogP contribution in [0, 0.1) is 0 Å². The summed E-state index contributed by atoms with van der Waals surface area (Å²) in [5, 5.41) is 7.67. The van der Waals surface area contributed by atoms with Gasteiger partial charge in [-0.1, -0.05) is 24.4 Å². The van der Waals surface area contributed by atoms with E-state index in [0.717, 1.165) is 30.5 Å². The standard InChI is InChI=1S/C8H13N3.C7H6Cl2N2/c9-8-5-7(10-11-8)6-3-1-2-4-6;8-6-4-2-1-3-5(4)10-7(9)11-6/h5-6H,1-4H2,(H3,9,10,11);1-3H2. The van der Waals surface area contributed by atoms with Gasteiger partial charge in [0.25, 0.3) is 0 Å². The quantitative estimate of drug-likeness (QED) is 0.609. The molecule has 2 aliphatic rings. The number of hydrogen-bond acceptors (Lipinski definition) is 4. The second kappa shape index (κ2) is 6.84. The molecule has 1 saturated carbocycles. The van der Waals surface area contributed by atoms with Crippen molar-refractivity contribution in [2.75, 3.05) is 5.73 Å². The van der Waals surface area contributed by atoms with E-state index in [1.807, 2.05) is 6.07 Å². The van der Waals surface area contributed by atoms with Gasteiger partial charge in [0.2, 0.25) is 5.28 Å². The zero-order valence-corrected chi connectivity index (χ0v) is 13.8. The Kier molecular flexibility index (Phi) is 4.84. The highest BCUT2D eigenvalue weighted by Crippen LogP contribution is 2.33. The van der Waals surface area contributed by atoms with Gasteiger partial charge in [0.05, 0.1) is 5.69 Å². The molecule has 4 rings (SSSR count). The van der Waals surface area contributed by atoms with Crippen molar-refractivity contribution in [1.29, 1.82) is 0 Å². The van der Waals surface area contributed by atoms with Gasteiger partial charge in [-0.05, 0) is 43.7 Å². The minimum atomic E-state index is 0.260. The van der Waals surface area contributed by atoms with Crippen LogP contribution in [0.3, 0.4) is 0 Å². The van der Waals surface area contributed by atoms with Crippen LogP contribution in [0.1, 0.15) is 55.0 Å². The number of nitrogens with two attached hydrogens (primary N) is 1. The van der Waals surface area contributed by atoms with Gasteiger partial charge in [-0.3, -0.25) is 5.10 Å². The molecule has 22 heavy (non-hydrogen) atoms. The van der Waals surface area contributed by atoms with Gasteiger partial charge in [0, 0.05) is 23.2 Å². The third-order valence-corrected chi connectivity index (χ3v) is 4.75. The van der Waals surface area contributed by atoms with Crippen molar-refractivity contribution in [2.24, 2.45) is 0 Å². The molecule has 5 nitrogen and oxygen atoms in total. The predicted molar refractivity (Wildman–Crippen MR) is 88.3 cm³/mol. The van der Waals surface area contributed by atoms with Gasteiger partial charge in [0.15, 0.2) is 0 Å². The first-order chi connectivity index (χ1) is 10.6. The van der Waals surface area contributed by atoms with Crippen LogP contribution in [0.4, 0.5) is 5.82 Å². The first kappa shape index (κ1) is 15.6. The number of aryl methyl sites for hydroxylation is 1. The molecule has 0 amide bonds. The smallest absolute Gasteiger partial charge is 0.224 e. The van der Waals surface area contributed by atoms with E-state index in [0.29, 0.717) is 16.9 Å². The van der Waals surface area contributed by atoms with Crippen molar-refractivity contribution < 1.29 is 0 Å². The number of aromatic amines is 1. The predicted octanol–water partition coefficient (Wildman–Crippen LogP) is 3.92. The number of anilines is 1. The largest absolute Gasteiger partial charge is 0.382 e. The van der Waals surface area contributed by atoms with Crippen molar-refractivity contribution in [1.82, 2.24) is 20.2 Å². The number of aromatic nitrogens is 4. The van der Waals surface area contributed by atoms with Crippen molar-refractivity contribution in [3.8, 4) is 0 Å². The minimum absolute atomic E-state index is 0.260. The van der Waals surface area contributed by atoms with E-state index in [4.69, 9.17) is 28.9 Å². The van der Waals surface area contributed by atoms with Gasteiger partial charge in [-0.25, -0.2) is 9.97 Å². The summed E-state index contributed by atoms with van der Waals surface area (Å²) in [6.45, 7) is 0. The van der Waals surface area contributed by atoms with Gasteiger partial charge < -0.3 is 5.73 Å². The Morgan fingerprint density at radius 3 is 2.55 bits per heavy atom. The summed E-state index contributed by atoms with van der Waals surface area (Å²) < 4.78 is 0. The molecule has 118 valence electrons. The monoisotopic (exact) mass is 339 g/mol. The third-order valence-electron chi connectivity index (χ3n) is 4.27. The molecule has 0 aliphatic heterocycles. The second-order valence-corrected chi connectivity index (χ2v) is 6.49. The average molecular weight is 340 g/mol. The van der Waals surface area contributed by atoms with Gasteiger partial charge >= 0.3 is 0 Å². The van der Waals surface area contributed by atoms with Crippen LogP contribution >= 0.6 is 23.2 Å². The van der Waals surface area contributed by atoms with Crippen LogP contribution < -0.4 is 5.73 Å². The molecule has 1 fully saturated rings. The van der Waals surface area contributed by atoms with Gasteiger partial charge in [-0.15, -0.1) is 0 Å². The molecule has 3 N–H and O–H groups in total. The van der Waals surface area contributed by atoms with Crippen molar-refractivity contribution >= 4 is 29.0 Å². The number of halogens is 2. The van der Waals surface area contributed by atoms with Crippen molar-refractivity contribution in [3.05, 3.63) is 33.5 Å². The third kappa shape index (κ3) is 3.52. The minimum Gasteiger partial charge on any atom is -0.382 e. The van der Waals surface area contributed by atoms with Crippen LogP contribution in [0.15, 0.2) is 6.07 Å². The molecule has 0 aromatic carbocycles. The van der Waals surface area contributed by atoms with E-state index >= 15 is 0 Å². The number of hydrogen-bond donors (Lipinski definition) is 2. The highest BCUT2D eigenvalue weighted by Gasteiger charge is 2.18. The summed E-state index contributed by atoms with van der Waals surface area (Å²) in [6, 6.07) is 1.95. The van der Waals surface area contributed by atoms with Gasteiger partial charge in [0.1, 0.15) is 11.0 Å². The lowest BCUT2D eigenvalue weighted by Crippen LogP contribution is -1.93. The zero-order chi connectivity index (χ0) is 15.5. The molecule has 2 aromatic heterocycles. The molecule has 0 atom stereocenters. The molecule has 7 heteroatoms. The number of nitrogens with one attached hydrogen (secondary N) is 1. The molecule has 0 saturated heterocycles. The molecule has 0 unspecified atom stereocenters. The summed E-state index contributed by atoms with van der Waals surface area (Å²) in [7, 11) is 0. The van der Waals surface area contributed by atoms with E-state index in [2.05, 4.69) is 20.2 Å². The van der Waals surface area contributed by atoms with Gasteiger partial charge in [-0.2, -0.15) is 5.10 Å². The Bertz CT molecular complexity index is 649. The molecule has 2 aromatic rings. The van der Waals surface area contributed by atoms with Crippen molar-refractivity contribution in [3.63, 3.8) is 0 Å².